The lowest BCUT2D eigenvalue weighted by Crippen LogP contribution is -2.06. The SMILES string of the molecule is Brc1cccc2nc3c(cc12)OCc1ccccc1-3. The minimum absolute atomic E-state index is 0.612. The first-order chi connectivity index (χ1) is 9.33. The van der Waals surface area contributed by atoms with Gasteiger partial charge >= 0.3 is 0 Å². The minimum Gasteiger partial charge on any atom is -0.487 e. The summed E-state index contributed by atoms with van der Waals surface area (Å²) >= 11 is 3.56. The van der Waals surface area contributed by atoms with Crippen LogP contribution < -0.4 is 4.74 Å². The van der Waals surface area contributed by atoms with Crippen LogP contribution in [-0.4, -0.2) is 4.98 Å². The lowest BCUT2D eigenvalue weighted by Gasteiger charge is -2.20. The van der Waals surface area contributed by atoms with Crippen LogP contribution in [0.4, 0.5) is 0 Å². The number of halogens is 1. The molecule has 3 heteroatoms. The maximum absolute atomic E-state index is 5.83. The van der Waals surface area contributed by atoms with Crippen LogP contribution in [0.3, 0.4) is 0 Å². The number of nitrogens with zero attached hydrogens (tertiary/aromatic N) is 1. The maximum Gasteiger partial charge on any atom is 0.146 e. The van der Waals surface area contributed by atoms with E-state index in [1.807, 2.05) is 30.3 Å². The van der Waals surface area contributed by atoms with E-state index in [0.29, 0.717) is 6.61 Å². The Kier molecular flexibility index (Phi) is 2.35. The number of rotatable bonds is 0. The zero-order valence-electron chi connectivity index (χ0n) is 10.1. The zero-order valence-corrected chi connectivity index (χ0v) is 11.6. The highest BCUT2D eigenvalue weighted by Crippen LogP contribution is 2.39. The predicted molar refractivity (Wildman–Crippen MR) is 79.2 cm³/mol. The maximum atomic E-state index is 5.83. The fourth-order valence-electron chi connectivity index (χ4n) is 2.48. The Balaban J connectivity index is 2.07. The second-order valence-corrected chi connectivity index (χ2v) is 5.44. The molecule has 1 aliphatic rings. The predicted octanol–water partition coefficient (Wildman–Crippen LogP) is 4.56. The summed E-state index contributed by atoms with van der Waals surface area (Å²) in [6, 6.07) is 16.4. The molecule has 0 aliphatic carbocycles. The van der Waals surface area contributed by atoms with Crippen molar-refractivity contribution in [2.24, 2.45) is 0 Å². The van der Waals surface area contributed by atoms with Gasteiger partial charge in [0, 0.05) is 15.4 Å². The molecule has 0 unspecified atom stereocenters. The molecule has 0 fully saturated rings. The second kappa shape index (κ2) is 4.07. The van der Waals surface area contributed by atoms with Gasteiger partial charge in [0.15, 0.2) is 0 Å². The smallest absolute Gasteiger partial charge is 0.146 e. The van der Waals surface area contributed by atoms with Gasteiger partial charge in [-0.3, -0.25) is 0 Å². The summed E-state index contributed by atoms with van der Waals surface area (Å²) < 4.78 is 6.87. The Hall–Kier alpha value is -1.87. The average molecular weight is 312 g/mol. The average Bonchev–Trinajstić information content (AvgIpc) is 2.46. The molecule has 1 aromatic heterocycles. The molecular formula is C16H10BrNO. The Morgan fingerprint density at radius 3 is 2.89 bits per heavy atom. The highest BCUT2D eigenvalue weighted by atomic mass is 79.9. The summed E-state index contributed by atoms with van der Waals surface area (Å²) in [7, 11) is 0. The normalized spacial score (nSPS) is 12.7. The molecule has 1 aliphatic heterocycles. The Morgan fingerprint density at radius 1 is 1.05 bits per heavy atom. The van der Waals surface area contributed by atoms with Gasteiger partial charge in [-0.1, -0.05) is 46.3 Å². The molecule has 19 heavy (non-hydrogen) atoms. The van der Waals surface area contributed by atoms with E-state index in [1.165, 1.54) is 11.1 Å². The molecule has 4 rings (SSSR count). The van der Waals surface area contributed by atoms with Crippen molar-refractivity contribution >= 4 is 26.8 Å². The quantitative estimate of drug-likeness (QED) is 0.607. The van der Waals surface area contributed by atoms with E-state index in [-0.39, 0.29) is 0 Å². The van der Waals surface area contributed by atoms with Crippen molar-refractivity contribution in [2.45, 2.75) is 6.61 Å². The summed E-state index contributed by atoms with van der Waals surface area (Å²) in [6.45, 7) is 0.612. The van der Waals surface area contributed by atoms with Crippen LogP contribution in [0.15, 0.2) is 53.0 Å². The molecular weight excluding hydrogens is 302 g/mol. The third-order valence-corrected chi connectivity index (χ3v) is 4.12. The fraction of sp³-hybridized carbons (Fsp3) is 0.0625. The molecule has 0 radical (unpaired) electrons. The molecule has 0 amide bonds. The van der Waals surface area contributed by atoms with Gasteiger partial charge in [0.2, 0.25) is 0 Å². The van der Waals surface area contributed by atoms with Crippen molar-refractivity contribution in [3.8, 4) is 17.0 Å². The summed E-state index contributed by atoms with van der Waals surface area (Å²) in [5.74, 6) is 0.859. The number of pyridine rings is 1. The first kappa shape index (κ1) is 11.0. The molecule has 0 atom stereocenters. The fourth-order valence-corrected chi connectivity index (χ4v) is 2.95. The van der Waals surface area contributed by atoms with Crippen LogP contribution in [0.5, 0.6) is 5.75 Å². The number of fused-ring (bicyclic) bond motifs is 4. The Bertz CT molecular complexity index is 798. The van der Waals surface area contributed by atoms with Crippen molar-refractivity contribution in [3.05, 3.63) is 58.6 Å². The van der Waals surface area contributed by atoms with Crippen molar-refractivity contribution in [3.63, 3.8) is 0 Å². The summed E-state index contributed by atoms with van der Waals surface area (Å²) in [4.78, 5) is 4.76. The van der Waals surface area contributed by atoms with Crippen molar-refractivity contribution in [1.29, 1.82) is 0 Å². The second-order valence-electron chi connectivity index (χ2n) is 4.59. The number of benzene rings is 2. The van der Waals surface area contributed by atoms with E-state index in [0.717, 1.165) is 26.8 Å². The summed E-state index contributed by atoms with van der Waals surface area (Å²) in [5.41, 5.74) is 4.28. The van der Waals surface area contributed by atoms with Gasteiger partial charge in [-0.15, -0.1) is 0 Å². The van der Waals surface area contributed by atoms with Crippen LogP contribution in [-0.2, 0) is 6.61 Å². The van der Waals surface area contributed by atoms with E-state index < -0.39 is 0 Å². The van der Waals surface area contributed by atoms with Crippen LogP contribution in [0.1, 0.15) is 5.56 Å². The Morgan fingerprint density at radius 2 is 1.95 bits per heavy atom. The van der Waals surface area contributed by atoms with Crippen molar-refractivity contribution in [1.82, 2.24) is 4.98 Å². The first-order valence-electron chi connectivity index (χ1n) is 6.13. The van der Waals surface area contributed by atoms with E-state index in [1.54, 1.807) is 0 Å². The minimum atomic E-state index is 0.612. The molecule has 0 saturated carbocycles. The van der Waals surface area contributed by atoms with Crippen LogP contribution >= 0.6 is 15.9 Å². The molecule has 0 bridgehead atoms. The van der Waals surface area contributed by atoms with Gasteiger partial charge in [0.05, 0.1) is 5.52 Å². The zero-order chi connectivity index (χ0) is 12.8. The van der Waals surface area contributed by atoms with Crippen LogP contribution in [0.2, 0.25) is 0 Å². The number of hydrogen-bond donors (Lipinski definition) is 0. The third kappa shape index (κ3) is 1.65. The van der Waals surface area contributed by atoms with E-state index in [2.05, 4.69) is 34.1 Å². The monoisotopic (exact) mass is 311 g/mol. The van der Waals surface area contributed by atoms with Gasteiger partial charge in [-0.25, -0.2) is 4.98 Å². The lowest BCUT2D eigenvalue weighted by molar-refractivity contribution is 0.301. The molecule has 2 aromatic carbocycles. The van der Waals surface area contributed by atoms with E-state index >= 15 is 0 Å². The topological polar surface area (TPSA) is 22.1 Å². The van der Waals surface area contributed by atoms with E-state index in [4.69, 9.17) is 9.72 Å². The highest BCUT2D eigenvalue weighted by molar-refractivity contribution is 9.10. The molecule has 2 heterocycles. The number of hydrogen-bond acceptors (Lipinski definition) is 2. The Labute approximate surface area is 119 Å². The lowest BCUT2D eigenvalue weighted by atomic mass is 10.0. The molecule has 0 spiro atoms. The van der Waals surface area contributed by atoms with Crippen LogP contribution in [0, 0.1) is 0 Å². The molecule has 0 N–H and O–H groups in total. The molecule has 2 nitrogen and oxygen atoms in total. The molecule has 0 saturated heterocycles. The van der Waals surface area contributed by atoms with Gasteiger partial charge < -0.3 is 4.74 Å². The van der Waals surface area contributed by atoms with Crippen molar-refractivity contribution < 1.29 is 4.74 Å². The summed E-state index contributed by atoms with van der Waals surface area (Å²) in [5, 5.41) is 1.08. The number of aromatic nitrogens is 1. The van der Waals surface area contributed by atoms with Gasteiger partial charge in [0.1, 0.15) is 18.1 Å². The van der Waals surface area contributed by atoms with E-state index in [9.17, 15) is 0 Å². The number of ether oxygens (including phenoxy) is 1. The first-order valence-corrected chi connectivity index (χ1v) is 6.92. The van der Waals surface area contributed by atoms with Crippen LogP contribution in [0.25, 0.3) is 22.2 Å². The van der Waals surface area contributed by atoms with Gasteiger partial charge in [-0.05, 0) is 23.8 Å². The largest absolute Gasteiger partial charge is 0.487 e. The van der Waals surface area contributed by atoms with Gasteiger partial charge in [-0.2, -0.15) is 0 Å². The molecule has 92 valence electrons. The summed E-state index contributed by atoms with van der Waals surface area (Å²) in [6.07, 6.45) is 0. The standard InChI is InChI=1S/C16H10BrNO/c17-13-6-3-7-14-12(13)8-15-16(18-14)11-5-2-1-4-10(11)9-19-15/h1-8H,9H2. The highest BCUT2D eigenvalue weighted by Gasteiger charge is 2.19. The third-order valence-electron chi connectivity index (χ3n) is 3.43. The van der Waals surface area contributed by atoms with Crippen molar-refractivity contribution in [2.75, 3.05) is 0 Å². The molecule has 3 aromatic rings. The van der Waals surface area contributed by atoms with Gasteiger partial charge in [0.25, 0.3) is 0 Å².